The molecule has 0 unspecified atom stereocenters. The number of aromatic carboxylic acids is 1. The second-order valence-corrected chi connectivity index (χ2v) is 2.57. The lowest BCUT2D eigenvalue weighted by Crippen LogP contribution is -2.21. The summed E-state index contributed by atoms with van der Waals surface area (Å²) in [7, 11) is 0. The number of hydrogen-bond donors (Lipinski definition) is 2. The number of carboxylic acids is 1. The summed E-state index contributed by atoms with van der Waals surface area (Å²) >= 11 is 0. The van der Waals surface area contributed by atoms with Gasteiger partial charge in [0.25, 0.3) is 0 Å². The minimum Gasteiger partial charge on any atom is -0.506 e. The molecule has 2 rings (SSSR count). The zero-order valence-electron chi connectivity index (χ0n) is 5.74. The first-order chi connectivity index (χ1) is 5.20. The fourth-order valence-corrected chi connectivity index (χ4v) is 1.34. The van der Waals surface area contributed by atoms with Crippen LogP contribution < -0.4 is 0 Å². The molecule has 58 valence electrons. The van der Waals surface area contributed by atoms with Crippen molar-refractivity contribution in [1.29, 1.82) is 0 Å². The molecule has 1 aromatic rings. The smallest absolute Gasteiger partial charge is 0.352 e. The lowest BCUT2D eigenvalue weighted by atomic mass is 10.2. The number of carboxylic acid groups (broad SMARTS) is 1. The van der Waals surface area contributed by atoms with Gasteiger partial charge in [-0.2, -0.15) is 0 Å². The molecule has 4 heteroatoms. The Hall–Kier alpha value is -1.45. The number of aromatic nitrogens is 1. The van der Waals surface area contributed by atoms with Crippen LogP contribution in [0.4, 0.5) is 0 Å². The molecule has 0 aromatic carbocycles. The average molecular weight is 153 g/mol. The van der Waals surface area contributed by atoms with Gasteiger partial charge in [0.1, 0.15) is 11.4 Å². The Bertz CT molecular complexity index is 327. The van der Waals surface area contributed by atoms with Crippen LogP contribution in [0.3, 0.4) is 0 Å². The zero-order chi connectivity index (χ0) is 8.01. The van der Waals surface area contributed by atoms with Crippen molar-refractivity contribution in [1.82, 2.24) is 4.57 Å². The van der Waals surface area contributed by atoms with Crippen molar-refractivity contribution in [2.45, 2.75) is 13.0 Å². The first-order valence-electron chi connectivity index (χ1n) is 3.35. The number of carbonyl (C=O) groups is 1. The fourth-order valence-electron chi connectivity index (χ4n) is 1.34. The van der Waals surface area contributed by atoms with Gasteiger partial charge in [0, 0.05) is 19.0 Å². The van der Waals surface area contributed by atoms with Crippen LogP contribution in [0.2, 0.25) is 0 Å². The van der Waals surface area contributed by atoms with E-state index in [1.807, 2.05) is 0 Å². The van der Waals surface area contributed by atoms with Crippen LogP contribution in [-0.2, 0) is 13.0 Å². The Morgan fingerprint density at radius 3 is 2.64 bits per heavy atom. The summed E-state index contributed by atoms with van der Waals surface area (Å²) in [6.07, 6.45) is 0.777. The molecule has 0 radical (unpaired) electrons. The average Bonchev–Trinajstić information content (AvgIpc) is 2.02. The summed E-state index contributed by atoms with van der Waals surface area (Å²) in [5, 5.41) is 17.7. The normalized spacial score (nSPS) is 13.8. The van der Waals surface area contributed by atoms with Crippen molar-refractivity contribution < 1.29 is 15.0 Å². The summed E-state index contributed by atoms with van der Waals surface area (Å²) < 4.78 is 1.61. The molecule has 2 N–H and O–H groups in total. The summed E-state index contributed by atoms with van der Waals surface area (Å²) in [5.41, 5.74) is 0.922. The summed E-state index contributed by atoms with van der Waals surface area (Å²) in [6.45, 7) is 0.706. The maximum Gasteiger partial charge on any atom is 0.352 e. The van der Waals surface area contributed by atoms with Crippen molar-refractivity contribution in [2.75, 3.05) is 0 Å². The molecule has 0 saturated heterocycles. The van der Waals surface area contributed by atoms with Crippen LogP contribution in [-0.4, -0.2) is 20.7 Å². The highest BCUT2D eigenvalue weighted by atomic mass is 16.4. The van der Waals surface area contributed by atoms with Crippen LogP contribution in [0.1, 0.15) is 16.2 Å². The van der Waals surface area contributed by atoms with Crippen LogP contribution in [0.25, 0.3) is 0 Å². The van der Waals surface area contributed by atoms with E-state index in [1.54, 1.807) is 4.57 Å². The molecule has 0 saturated carbocycles. The third-order valence-corrected chi connectivity index (χ3v) is 1.98. The molecule has 2 heterocycles. The van der Waals surface area contributed by atoms with E-state index in [0.29, 0.717) is 6.54 Å². The van der Waals surface area contributed by atoms with Gasteiger partial charge in [0.2, 0.25) is 0 Å². The molecule has 1 aromatic heterocycles. The molecule has 0 bridgehead atoms. The van der Waals surface area contributed by atoms with Gasteiger partial charge in [-0.15, -0.1) is 0 Å². The SMILES string of the molecule is O=C(O)c1cc(O)c2n1CC2. The quantitative estimate of drug-likeness (QED) is 0.615. The van der Waals surface area contributed by atoms with E-state index in [2.05, 4.69) is 0 Å². The number of hydrogen-bond acceptors (Lipinski definition) is 2. The van der Waals surface area contributed by atoms with Crippen LogP contribution in [0, 0.1) is 0 Å². The maximum atomic E-state index is 10.5. The van der Waals surface area contributed by atoms with Gasteiger partial charge in [-0.05, 0) is 0 Å². The Morgan fingerprint density at radius 1 is 1.64 bits per heavy atom. The second-order valence-electron chi connectivity index (χ2n) is 2.57. The molecule has 11 heavy (non-hydrogen) atoms. The Morgan fingerprint density at radius 2 is 2.36 bits per heavy atom. The molecular formula is C7H7NO3. The van der Waals surface area contributed by atoms with E-state index in [1.165, 1.54) is 6.07 Å². The first kappa shape index (κ1) is 6.27. The highest BCUT2D eigenvalue weighted by molar-refractivity contribution is 5.87. The van der Waals surface area contributed by atoms with Gasteiger partial charge in [-0.25, -0.2) is 4.79 Å². The predicted molar refractivity (Wildman–Crippen MR) is 36.8 cm³/mol. The molecule has 0 spiro atoms. The monoisotopic (exact) mass is 153 g/mol. The van der Waals surface area contributed by atoms with Gasteiger partial charge in [-0.1, -0.05) is 0 Å². The van der Waals surface area contributed by atoms with E-state index in [-0.39, 0.29) is 11.4 Å². The summed E-state index contributed by atoms with van der Waals surface area (Å²) in [6, 6.07) is 1.30. The molecular weight excluding hydrogens is 146 g/mol. The van der Waals surface area contributed by atoms with Crippen LogP contribution >= 0.6 is 0 Å². The van der Waals surface area contributed by atoms with E-state index in [9.17, 15) is 4.79 Å². The molecule has 0 fully saturated rings. The second kappa shape index (κ2) is 1.78. The predicted octanol–water partition coefficient (Wildman–Crippen LogP) is 0.448. The molecule has 0 amide bonds. The third-order valence-electron chi connectivity index (χ3n) is 1.98. The highest BCUT2D eigenvalue weighted by Gasteiger charge is 2.24. The van der Waals surface area contributed by atoms with Gasteiger partial charge < -0.3 is 14.8 Å². The number of fused-ring (bicyclic) bond motifs is 1. The van der Waals surface area contributed by atoms with Crippen LogP contribution in [0.15, 0.2) is 6.07 Å². The maximum absolute atomic E-state index is 10.5. The van der Waals surface area contributed by atoms with Crippen molar-refractivity contribution in [3.05, 3.63) is 17.5 Å². The first-order valence-corrected chi connectivity index (χ1v) is 3.35. The molecule has 0 atom stereocenters. The standard InChI is InChI=1S/C7H7NO3/c9-6-3-5(7(10)11)8-2-1-4(6)8/h3,9H,1-2H2,(H,10,11). The van der Waals surface area contributed by atoms with Gasteiger partial charge in [-0.3, -0.25) is 0 Å². The fraction of sp³-hybridized carbons (Fsp3) is 0.286. The van der Waals surface area contributed by atoms with Crippen molar-refractivity contribution in [2.24, 2.45) is 0 Å². The molecule has 1 aliphatic heterocycles. The highest BCUT2D eigenvalue weighted by Crippen LogP contribution is 2.29. The number of rotatable bonds is 1. The number of aromatic hydroxyl groups is 1. The van der Waals surface area contributed by atoms with Gasteiger partial charge in [0.05, 0.1) is 5.69 Å². The number of nitrogens with zero attached hydrogens (tertiary/aromatic N) is 1. The van der Waals surface area contributed by atoms with Crippen molar-refractivity contribution in [3.63, 3.8) is 0 Å². The Balaban J connectivity index is 2.58. The topological polar surface area (TPSA) is 62.5 Å². The van der Waals surface area contributed by atoms with Crippen LogP contribution in [0.5, 0.6) is 5.75 Å². The minimum atomic E-state index is -0.980. The minimum absolute atomic E-state index is 0.105. The van der Waals surface area contributed by atoms with Gasteiger partial charge >= 0.3 is 5.97 Å². The van der Waals surface area contributed by atoms with E-state index in [0.717, 1.165) is 12.1 Å². The zero-order valence-corrected chi connectivity index (χ0v) is 5.74. The largest absolute Gasteiger partial charge is 0.506 e. The Kier molecular flexibility index (Phi) is 1.01. The third kappa shape index (κ3) is 0.661. The lowest BCUT2D eigenvalue weighted by Gasteiger charge is -2.19. The molecule has 4 nitrogen and oxygen atoms in total. The van der Waals surface area contributed by atoms with Crippen molar-refractivity contribution >= 4 is 5.97 Å². The van der Waals surface area contributed by atoms with Crippen molar-refractivity contribution in [3.8, 4) is 5.75 Å². The lowest BCUT2D eigenvalue weighted by molar-refractivity contribution is 0.0682. The van der Waals surface area contributed by atoms with E-state index in [4.69, 9.17) is 10.2 Å². The Labute approximate surface area is 62.7 Å². The van der Waals surface area contributed by atoms with E-state index >= 15 is 0 Å². The summed E-state index contributed by atoms with van der Waals surface area (Å²) in [5.74, 6) is -0.875. The molecule has 0 aliphatic carbocycles. The van der Waals surface area contributed by atoms with E-state index < -0.39 is 5.97 Å². The summed E-state index contributed by atoms with van der Waals surface area (Å²) in [4.78, 5) is 10.5. The molecule has 1 aliphatic rings. The van der Waals surface area contributed by atoms with Gasteiger partial charge in [0.15, 0.2) is 0 Å².